The minimum atomic E-state index is -0.0239. The zero-order chi connectivity index (χ0) is 26.0. The Morgan fingerprint density at radius 2 is 1.42 bits per heavy atom. The summed E-state index contributed by atoms with van der Waals surface area (Å²) in [4.78, 5) is 12.9. The molecule has 3 aromatic rings. The molecule has 1 N–H and O–H groups in total. The third kappa shape index (κ3) is 12.6. The van der Waals surface area contributed by atoms with E-state index in [1.807, 2.05) is 48.7 Å². The summed E-state index contributed by atoms with van der Waals surface area (Å²) in [6.07, 6.45) is 18.3. The molecule has 2 aromatic carbocycles. The number of ether oxygens (including phenoxy) is 1. The molecule has 0 saturated carbocycles. The lowest BCUT2D eigenvalue weighted by Gasteiger charge is -2.13. The highest BCUT2D eigenvalue weighted by atomic mass is 79.9. The van der Waals surface area contributed by atoms with Gasteiger partial charge in [0.1, 0.15) is 5.75 Å². The number of unbranched alkanes of at least 4 members (excludes halogenated alkanes) is 11. The molecule has 0 saturated heterocycles. The maximum atomic E-state index is 12.9. The fraction of sp³-hybridized carbons (Fsp3) is 0.500. The van der Waals surface area contributed by atoms with Gasteiger partial charge in [0.05, 0.1) is 24.1 Å². The first kappa shape index (κ1) is 32.0. The summed E-state index contributed by atoms with van der Waals surface area (Å²) in [6.45, 7) is 3.72. The summed E-state index contributed by atoms with van der Waals surface area (Å²) in [7, 11) is 0. The van der Waals surface area contributed by atoms with E-state index < -0.39 is 0 Å². The lowest BCUT2D eigenvalue weighted by molar-refractivity contribution is -0.683. The molecule has 0 radical (unpaired) electrons. The molecule has 0 unspecified atom stereocenters. The Morgan fingerprint density at radius 1 is 0.816 bits per heavy atom. The van der Waals surface area contributed by atoms with Crippen molar-refractivity contribution in [3.8, 4) is 5.75 Å². The molecule has 208 valence electrons. The van der Waals surface area contributed by atoms with E-state index in [4.69, 9.17) is 4.74 Å². The summed E-state index contributed by atoms with van der Waals surface area (Å²) in [5.41, 5.74) is 4.96. The first-order valence-electron chi connectivity index (χ1n) is 14.3. The molecule has 0 spiro atoms. The van der Waals surface area contributed by atoms with E-state index in [-0.39, 0.29) is 22.9 Å². The Hall–Kier alpha value is -2.18. The van der Waals surface area contributed by atoms with E-state index in [9.17, 15) is 4.79 Å². The maximum absolute atomic E-state index is 12.9. The molecule has 1 aromatic heterocycles. The summed E-state index contributed by atoms with van der Waals surface area (Å²) in [6, 6.07) is 15.9. The lowest BCUT2D eigenvalue weighted by Crippen LogP contribution is -3.00. The molecule has 38 heavy (non-hydrogen) atoms. The van der Waals surface area contributed by atoms with Crippen LogP contribution >= 0.6 is 11.3 Å². The number of thiazole rings is 1. The predicted octanol–water partition coefficient (Wildman–Crippen LogP) is 5.35. The molecule has 1 heterocycles. The van der Waals surface area contributed by atoms with Crippen LogP contribution in [-0.4, -0.2) is 12.5 Å². The second-order valence-electron chi connectivity index (χ2n) is 9.93. The van der Waals surface area contributed by atoms with Crippen LogP contribution in [0.3, 0.4) is 0 Å². The number of carbonyl (C=O) groups excluding carboxylic acids is 1. The van der Waals surface area contributed by atoms with Crippen LogP contribution in [0.25, 0.3) is 0 Å². The van der Waals surface area contributed by atoms with Crippen molar-refractivity contribution in [1.29, 1.82) is 0 Å². The number of hydrogen-bond acceptors (Lipinski definition) is 3. The van der Waals surface area contributed by atoms with E-state index in [0.29, 0.717) is 13.0 Å². The Labute approximate surface area is 244 Å². The smallest absolute Gasteiger partial charge is 0.228 e. The number of nitrogens with zero attached hydrogens (tertiary/aromatic N) is 1. The monoisotopic (exact) mass is 600 g/mol. The zero-order valence-corrected chi connectivity index (χ0v) is 25.4. The molecular weight excluding hydrogens is 556 g/mol. The number of rotatable bonds is 19. The molecule has 4 nitrogen and oxygen atoms in total. The van der Waals surface area contributed by atoms with Gasteiger partial charge in [-0.1, -0.05) is 125 Å². The van der Waals surface area contributed by atoms with Gasteiger partial charge in [0, 0.05) is 11.1 Å². The first-order chi connectivity index (χ1) is 18.3. The molecule has 0 aliphatic rings. The molecule has 0 atom stereocenters. The van der Waals surface area contributed by atoms with Gasteiger partial charge in [-0.15, -0.1) is 0 Å². The van der Waals surface area contributed by atoms with Crippen molar-refractivity contribution >= 4 is 22.9 Å². The highest BCUT2D eigenvalue weighted by Crippen LogP contribution is 2.21. The molecule has 0 bridgehead atoms. The van der Waals surface area contributed by atoms with Crippen molar-refractivity contribution in [3.05, 3.63) is 76.7 Å². The first-order valence-corrected chi connectivity index (χ1v) is 15.2. The van der Waals surface area contributed by atoms with E-state index in [0.717, 1.165) is 35.5 Å². The van der Waals surface area contributed by atoms with Crippen LogP contribution in [0, 0.1) is 0 Å². The van der Waals surface area contributed by atoms with Crippen molar-refractivity contribution in [1.82, 2.24) is 0 Å². The second kappa shape index (κ2) is 19.8. The number of para-hydroxylation sites is 2. The highest BCUT2D eigenvalue weighted by Gasteiger charge is 2.13. The summed E-state index contributed by atoms with van der Waals surface area (Å²) >= 11 is 1.66. The fourth-order valence-corrected chi connectivity index (χ4v) is 5.21. The quantitative estimate of drug-likeness (QED) is 0.149. The second-order valence-corrected chi connectivity index (χ2v) is 10.7. The number of anilines is 1. The third-order valence-corrected chi connectivity index (χ3v) is 7.42. The van der Waals surface area contributed by atoms with Crippen molar-refractivity contribution in [2.75, 3.05) is 11.9 Å². The van der Waals surface area contributed by atoms with Gasteiger partial charge in [-0.05, 0) is 18.6 Å². The van der Waals surface area contributed by atoms with E-state index >= 15 is 0 Å². The fourth-order valence-electron chi connectivity index (χ4n) is 4.61. The van der Waals surface area contributed by atoms with Crippen LogP contribution in [0.15, 0.2) is 65.6 Å². The van der Waals surface area contributed by atoms with Gasteiger partial charge < -0.3 is 27.0 Å². The number of benzene rings is 2. The van der Waals surface area contributed by atoms with Crippen LogP contribution in [-0.2, 0) is 17.8 Å². The topological polar surface area (TPSA) is 42.2 Å². The number of nitrogens with one attached hydrogen (secondary N) is 1. The average Bonchev–Trinajstić information content (AvgIpc) is 3.42. The molecule has 0 fully saturated rings. The van der Waals surface area contributed by atoms with Gasteiger partial charge in [0.25, 0.3) is 0 Å². The van der Waals surface area contributed by atoms with Gasteiger partial charge in [0.15, 0.2) is 12.7 Å². The molecule has 3 rings (SSSR count). The van der Waals surface area contributed by atoms with Gasteiger partial charge in [-0.2, -0.15) is 4.57 Å². The van der Waals surface area contributed by atoms with Crippen LogP contribution in [0.5, 0.6) is 5.75 Å². The number of hydrogen-bond donors (Lipinski definition) is 1. The number of aromatic nitrogens is 1. The van der Waals surface area contributed by atoms with Crippen molar-refractivity contribution in [2.24, 2.45) is 0 Å². The maximum Gasteiger partial charge on any atom is 0.228 e. The lowest BCUT2D eigenvalue weighted by atomic mass is 10.1. The normalized spacial score (nSPS) is 10.7. The van der Waals surface area contributed by atoms with Crippen molar-refractivity contribution < 1.29 is 31.1 Å². The van der Waals surface area contributed by atoms with Gasteiger partial charge in [0.2, 0.25) is 11.4 Å². The Balaban J connectivity index is 0.00000507. The van der Waals surface area contributed by atoms with Crippen LogP contribution in [0.2, 0.25) is 0 Å². The minimum absolute atomic E-state index is 0. The molecule has 0 aliphatic heterocycles. The zero-order valence-electron chi connectivity index (χ0n) is 23.0. The molecule has 1 amide bonds. The van der Waals surface area contributed by atoms with Crippen LogP contribution in [0.1, 0.15) is 95.1 Å². The summed E-state index contributed by atoms with van der Waals surface area (Å²) < 4.78 is 8.21. The summed E-state index contributed by atoms with van der Waals surface area (Å²) in [5.74, 6) is 0.798. The van der Waals surface area contributed by atoms with Gasteiger partial charge >= 0.3 is 0 Å². The van der Waals surface area contributed by atoms with Gasteiger partial charge in [-0.3, -0.25) is 4.79 Å². The molecule has 0 aliphatic carbocycles. The minimum Gasteiger partial charge on any atom is -1.00 e. The average molecular weight is 602 g/mol. The predicted molar refractivity (Wildman–Crippen MR) is 155 cm³/mol. The number of amides is 1. The Kier molecular flexibility index (Phi) is 16.7. The standard InChI is InChI=1S/C32H44N2O2S.BrH/c1-2-3-4-5-6-7-8-9-10-11-12-17-23-36-31-21-16-14-18-28(31)25-32(35)33-30-20-15-13-19-29(30)26-34-22-24-37-27-34;/h13-16,18-22,24,27H,2-12,17,23,25-26H2,1H3;1H. The van der Waals surface area contributed by atoms with Gasteiger partial charge in [-0.25, -0.2) is 0 Å². The van der Waals surface area contributed by atoms with Crippen LogP contribution in [0.4, 0.5) is 5.69 Å². The largest absolute Gasteiger partial charge is 1.00 e. The number of halogens is 1. The molecular formula is C32H45BrN2O2S. The van der Waals surface area contributed by atoms with Crippen molar-refractivity contribution in [2.45, 2.75) is 96.9 Å². The Bertz CT molecular complexity index is 1030. The SMILES string of the molecule is CCCCCCCCCCCCCCOc1ccccc1CC(=O)Nc1ccccc1C[n+]1ccsc1.[Br-]. The third-order valence-electron chi connectivity index (χ3n) is 6.75. The highest BCUT2D eigenvalue weighted by molar-refractivity contribution is 7.07. The van der Waals surface area contributed by atoms with Crippen molar-refractivity contribution in [3.63, 3.8) is 0 Å². The van der Waals surface area contributed by atoms with Crippen LogP contribution < -0.4 is 31.6 Å². The number of carbonyl (C=O) groups is 1. The van der Waals surface area contributed by atoms with E-state index in [1.54, 1.807) is 11.3 Å². The molecule has 6 heteroatoms. The Morgan fingerprint density at radius 3 is 2.08 bits per heavy atom. The van der Waals surface area contributed by atoms with E-state index in [1.165, 1.54) is 70.6 Å². The van der Waals surface area contributed by atoms with E-state index in [2.05, 4.69) is 33.8 Å². The summed E-state index contributed by atoms with van der Waals surface area (Å²) in [5, 5.41) is 5.16.